The number of piperazine rings is 1. The Hall–Kier alpha value is -0.780. The summed E-state index contributed by atoms with van der Waals surface area (Å²) in [5, 5.41) is 7.75. The molecular formula is C15H28Cl2N4O. The summed E-state index contributed by atoms with van der Waals surface area (Å²) < 4.78 is 1.90. The minimum Gasteiger partial charge on any atom is -0.337 e. The number of rotatable bonds is 3. The number of aryl methyl sites for hydroxylation is 2. The highest BCUT2D eigenvalue weighted by molar-refractivity contribution is 5.85. The van der Waals surface area contributed by atoms with Crippen LogP contribution in [0.2, 0.25) is 0 Å². The van der Waals surface area contributed by atoms with Gasteiger partial charge in [0.1, 0.15) is 0 Å². The molecule has 1 saturated heterocycles. The fraction of sp³-hybridized carbons (Fsp3) is 0.733. The van der Waals surface area contributed by atoms with Crippen LogP contribution in [0.5, 0.6) is 0 Å². The summed E-state index contributed by atoms with van der Waals surface area (Å²) in [5.41, 5.74) is 3.42. The first kappa shape index (κ1) is 21.2. The highest BCUT2D eigenvalue weighted by Crippen LogP contribution is 2.19. The maximum Gasteiger partial charge on any atom is 0.226 e. The second-order valence-corrected chi connectivity index (χ2v) is 5.96. The van der Waals surface area contributed by atoms with Crippen molar-refractivity contribution in [3.8, 4) is 0 Å². The highest BCUT2D eigenvalue weighted by atomic mass is 35.5. The highest BCUT2D eigenvalue weighted by Gasteiger charge is 2.27. The number of hydrogen-bond acceptors (Lipinski definition) is 3. The molecule has 1 aromatic rings. The number of carbonyl (C=O) groups is 1. The Morgan fingerprint density at radius 2 is 2.05 bits per heavy atom. The number of halogens is 2. The molecular weight excluding hydrogens is 323 g/mol. The van der Waals surface area contributed by atoms with E-state index in [1.807, 2.05) is 30.5 Å². The van der Waals surface area contributed by atoms with Gasteiger partial charge in [0.25, 0.3) is 0 Å². The quantitative estimate of drug-likeness (QED) is 0.905. The van der Waals surface area contributed by atoms with Crippen molar-refractivity contribution < 1.29 is 4.79 Å². The van der Waals surface area contributed by atoms with Crippen LogP contribution >= 0.6 is 24.8 Å². The van der Waals surface area contributed by atoms with Crippen LogP contribution in [0, 0.1) is 19.8 Å². The van der Waals surface area contributed by atoms with Crippen LogP contribution in [0.25, 0.3) is 0 Å². The normalized spacial score (nSPS) is 19.1. The molecule has 1 aromatic heterocycles. The summed E-state index contributed by atoms with van der Waals surface area (Å²) in [7, 11) is 1.96. The molecule has 1 N–H and O–H groups in total. The van der Waals surface area contributed by atoms with Gasteiger partial charge in [0.15, 0.2) is 0 Å². The monoisotopic (exact) mass is 350 g/mol. The van der Waals surface area contributed by atoms with E-state index in [9.17, 15) is 4.79 Å². The van der Waals surface area contributed by atoms with Crippen molar-refractivity contribution in [3.63, 3.8) is 0 Å². The summed E-state index contributed by atoms with van der Waals surface area (Å²) in [6.07, 6.45) is 0.779. The molecule has 0 radical (unpaired) electrons. The Morgan fingerprint density at radius 3 is 2.55 bits per heavy atom. The third-order valence-electron chi connectivity index (χ3n) is 4.38. The van der Waals surface area contributed by atoms with Gasteiger partial charge in [-0.2, -0.15) is 5.10 Å². The average Bonchev–Trinajstić information content (AvgIpc) is 2.65. The van der Waals surface area contributed by atoms with Gasteiger partial charge in [0.2, 0.25) is 5.91 Å². The van der Waals surface area contributed by atoms with Crippen LogP contribution < -0.4 is 5.32 Å². The van der Waals surface area contributed by atoms with E-state index in [1.165, 1.54) is 5.56 Å². The Bertz CT molecular complexity index is 504. The molecule has 7 heteroatoms. The average molecular weight is 351 g/mol. The van der Waals surface area contributed by atoms with Crippen molar-refractivity contribution in [2.75, 3.05) is 19.6 Å². The van der Waals surface area contributed by atoms with Gasteiger partial charge >= 0.3 is 0 Å². The van der Waals surface area contributed by atoms with E-state index in [-0.39, 0.29) is 42.7 Å². The lowest BCUT2D eigenvalue weighted by atomic mass is 9.97. The van der Waals surface area contributed by atoms with Gasteiger partial charge < -0.3 is 10.2 Å². The smallest absolute Gasteiger partial charge is 0.226 e. The van der Waals surface area contributed by atoms with E-state index in [0.29, 0.717) is 0 Å². The molecule has 1 aliphatic rings. The first-order chi connectivity index (χ1) is 9.41. The lowest BCUT2D eigenvalue weighted by Gasteiger charge is -2.35. The first-order valence-electron chi connectivity index (χ1n) is 7.42. The first-order valence-corrected chi connectivity index (χ1v) is 7.42. The molecule has 2 heterocycles. The molecule has 1 unspecified atom stereocenters. The molecule has 2 atom stereocenters. The molecule has 0 bridgehead atoms. The number of aromatic nitrogens is 2. The Morgan fingerprint density at radius 1 is 1.41 bits per heavy atom. The predicted octanol–water partition coefficient (Wildman–Crippen LogP) is 1.88. The van der Waals surface area contributed by atoms with E-state index in [1.54, 1.807) is 0 Å². The zero-order valence-corrected chi connectivity index (χ0v) is 15.7. The van der Waals surface area contributed by atoms with Gasteiger partial charge in [-0.25, -0.2) is 0 Å². The number of amides is 1. The topological polar surface area (TPSA) is 50.2 Å². The summed E-state index contributed by atoms with van der Waals surface area (Å²) in [6, 6.07) is 0.287. The predicted molar refractivity (Wildman–Crippen MR) is 94.1 cm³/mol. The van der Waals surface area contributed by atoms with Gasteiger partial charge in [0, 0.05) is 44.3 Å². The Labute approximate surface area is 145 Å². The number of carbonyl (C=O) groups excluding carboxylic acids is 1. The zero-order valence-electron chi connectivity index (χ0n) is 14.0. The number of hydrogen-bond donors (Lipinski definition) is 1. The van der Waals surface area contributed by atoms with Gasteiger partial charge in [0.05, 0.1) is 5.69 Å². The van der Waals surface area contributed by atoms with Crippen molar-refractivity contribution in [1.82, 2.24) is 20.0 Å². The minimum absolute atomic E-state index is 0. The molecule has 128 valence electrons. The van der Waals surface area contributed by atoms with E-state index >= 15 is 0 Å². The van der Waals surface area contributed by atoms with Crippen LogP contribution in [-0.4, -0.2) is 46.3 Å². The fourth-order valence-corrected chi connectivity index (χ4v) is 2.96. The second kappa shape index (κ2) is 8.75. The molecule has 5 nitrogen and oxygen atoms in total. The van der Waals surface area contributed by atoms with E-state index in [4.69, 9.17) is 0 Å². The number of nitrogens with one attached hydrogen (secondary N) is 1. The Kier molecular flexibility index (Phi) is 8.44. The maximum absolute atomic E-state index is 12.6. The second-order valence-electron chi connectivity index (χ2n) is 5.96. The molecule has 1 amide bonds. The van der Waals surface area contributed by atoms with Gasteiger partial charge in [-0.05, 0) is 32.8 Å². The van der Waals surface area contributed by atoms with E-state index in [0.717, 1.165) is 37.4 Å². The molecule has 0 spiro atoms. The molecule has 22 heavy (non-hydrogen) atoms. The van der Waals surface area contributed by atoms with Gasteiger partial charge in [-0.3, -0.25) is 9.48 Å². The minimum atomic E-state index is 0. The van der Waals surface area contributed by atoms with E-state index in [2.05, 4.69) is 24.3 Å². The van der Waals surface area contributed by atoms with Crippen molar-refractivity contribution >= 4 is 30.7 Å². The fourth-order valence-electron chi connectivity index (χ4n) is 2.96. The molecule has 2 rings (SSSR count). The largest absolute Gasteiger partial charge is 0.337 e. The summed E-state index contributed by atoms with van der Waals surface area (Å²) in [5.74, 6) is 0.277. The van der Waals surface area contributed by atoms with Gasteiger partial charge in [-0.1, -0.05) is 6.92 Å². The standard InChI is InChI=1S/C15H26N4O.2ClH/c1-10(8-14-12(3)17-18(5)13(14)4)15(20)19-7-6-16-9-11(19)2;;/h10-11,16H,6-9H2,1-5H3;2*1H/t10?,11-;;/m1../s1. The zero-order chi connectivity index (χ0) is 14.9. The molecule has 0 aliphatic carbocycles. The lowest BCUT2D eigenvalue weighted by molar-refractivity contribution is -0.137. The SMILES string of the molecule is Cc1nn(C)c(C)c1CC(C)C(=O)N1CCNC[C@H]1C.Cl.Cl. The van der Waals surface area contributed by atoms with Crippen LogP contribution in [0.4, 0.5) is 0 Å². The molecule has 0 aromatic carbocycles. The number of nitrogens with zero attached hydrogens (tertiary/aromatic N) is 3. The van der Waals surface area contributed by atoms with Crippen LogP contribution in [-0.2, 0) is 18.3 Å². The molecule has 1 aliphatic heterocycles. The van der Waals surface area contributed by atoms with Crippen LogP contribution in [0.1, 0.15) is 30.8 Å². The maximum atomic E-state index is 12.6. The Balaban J connectivity index is 0.00000220. The third kappa shape index (κ3) is 4.37. The lowest BCUT2D eigenvalue weighted by Crippen LogP contribution is -2.53. The third-order valence-corrected chi connectivity index (χ3v) is 4.38. The van der Waals surface area contributed by atoms with Crippen LogP contribution in [0.15, 0.2) is 0 Å². The van der Waals surface area contributed by atoms with Crippen LogP contribution in [0.3, 0.4) is 0 Å². The van der Waals surface area contributed by atoms with E-state index < -0.39 is 0 Å². The summed E-state index contributed by atoms with van der Waals surface area (Å²) in [6.45, 7) is 10.8. The molecule has 0 saturated carbocycles. The molecule has 1 fully saturated rings. The van der Waals surface area contributed by atoms with Crippen molar-refractivity contribution in [2.45, 2.75) is 40.2 Å². The van der Waals surface area contributed by atoms with Crippen molar-refractivity contribution in [3.05, 3.63) is 17.0 Å². The summed E-state index contributed by atoms with van der Waals surface area (Å²) >= 11 is 0. The summed E-state index contributed by atoms with van der Waals surface area (Å²) in [4.78, 5) is 14.6. The van der Waals surface area contributed by atoms with Crippen molar-refractivity contribution in [2.24, 2.45) is 13.0 Å². The van der Waals surface area contributed by atoms with Crippen molar-refractivity contribution in [1.29, 1.82) is 0 Å². The van der Waals surface area contributed by atoms with Gasteiger partial charge in [-0.15, -0.1) is 24.8 Å².